The van der Waals surface area contributed by atoms with Crippen LogP contribution in [0.2, 0.25) is 0 Å². The van der Waals surface area contributed by atoms with Gasteiger partial charge in [-0.15, -0.1) is 0 Å². The van der Waals surface area contributed by atoms with Gasteiger partial charge in [0.25, 0.3) is 0 Å². The summed E-state index contributed by atoms with van der Waals surface area (Å²) in [7, 11) is -2.73. The first kappa shape index (κ1) is 19.2. The third kappa shape index (κ3) is 4.50. The van der Waals surface area contributed by atoms with E-state index in [0.717, 1.165) is 15.9 Å². The van der Waals surface area contributed by atoms with Crippen LogP contribution in [-0.2, 0) is 21.6 Å². The number of benzene rings is 2. The van der Waals surface area contributed by atoms with Gasteiger partial charge in [-0.2, -0.15) is 12.1 Å². The Morgan fingerprint density at radius 2 is 0.960 bits per heavy atom. The molecule has 0 saturated heterocycles. The summed E-state index contributed by atoms with van der Waals surface area (Å²) in [6, 6.07) is 37.2. The molecule has 0 N–H and O–H groups in total. The van der Waals surface area contributed by atoms with Gasteiger partial charge in [0.15, 0.2) is 0 Å². The average Bonchev–Trinajstić information content (AvgIpc) is 3.38. The van der Waals surface area contributed by atoms with Gasteiger partial charge in [0.1, 0.15) is 7.14 Å². The van der Waals surface area contributed by atoms with E-state index >= 15 is 0 Å². The van der Waals surface area contributed by atoms with Crippen LogP contribution in [0.4, 0.5) is 0 Å². The molecule has 0 saturated carbocycles. The molecule has 0 aliphatic carbocycles. The van der Waals surface area contributed by atoms with Crippen molar-refractivity contribution in [1.29, 1.82) is 0 Å². The molecule has 3 heteroatoms. The normalized spacial score (nSPS) is 10.2. The Labute approximate surface area is 159 Å². The molecule has 0 atom stereocenters. The molecule has 0 aliphatic rings. The zero-order valence-electron chi connectivity index (χ0n) is 13.7. The molecule has 0 fully saturated rings. The van der Waals surface area contributed by atoms with E-state index < -0.39 is 7.14 Å². The Balaban J connectivity index is 0.000000325. The summed E-state index contributed by atoms with van der Waals surface area (Å²) in [4.78, 5) is 0. The first-order chi connectivity index (χ1) is 11.8. The molecule has 0 unspecified atom stereocenters. The van der Waals surface area contributed by atoms with Crippen molar-refractivity contribution in [2.45, 2.75) is 0 Å². The van der Waals surface area contributed by atoms with Crippen molar-refractivity contribution in [2.75, 3.05) is 0 Å². The second kappa shape index (κ2) is 9.39. The largest absolute Gasteiger partial charge is 0.748 e. The second-order valence-electron chi connectivity index (χ2n) is 5.39. The summed E-state index contributed by atoms with van der Waals surface area (Å²) in [6.07, 6.45) is 0. The molecule has 0 radical (unpaired) electrons. The predicted octanol–water partition coefficient (Wildman–Crippen LogP) is 4.45. The summed E-state index contributed by atoms with van der Waals surface area (Å²) in [5.41, 5.74) is 0. The molecule has 4 aromatic carbocycles. The number of rotatable bonds is 3. The fraction of sp³-hybridized carbons (Fsp3) is 0. The quantitative estimate of drug-likeness (QED) is 0.289. The Morgan fingerprint density at radius 1 is 0.600 bits per heavy atom. The fourth-order valence-electron chi connectivity index (χ4n) is 2.62. The minimum atomic E-state index is -2.73. The van der Waals surface area contributed by atoms with Crippen LogP contribution < -0.4 is 15.9 Å². The molecule has 132 valence electrons. The van der Waals surface area contributed by atoms with Gasteiger partial charge in [-0.3, -0.25) is 0 Å². The third-order valence-corrected chi connectivity index (χ3v) is 6.88. The standard InChI is InChI=1S/C17H14OP.C5H5.Fe/c18-19(17-13-7-8-14-17,15-9-3-1-4-10-15)16-11-5-2-6-12-16;1-2-4-5-3-1;/h1-14H;1-5H;/q-1;-5;. The Morgan fingerprint density at radius 3 is 1.32 bits per heavy atom. The first-order valence-corrected chi connectivity index (χ1v) is 9.63. The molecule has 0 heterocycles. The second-order valence-corrected chi connectivity index (χ2v) is 8.15. The van der Waals surface area contributed by atoms with Crippen molar-refractivity contribution >= 4 is 23.1 Å². The van der Waals surface area contributed by atoms with Crippen LogP contribution >= 0.6 is 7.14 Å². The maximum atomic E-state index is 13.7. The Bertz CT molecular complexity index is 806. The minimum Gasteiger partial charge on any atom is -0.748 e. The summed E-state index contributed by atoms with van der Waals surface area (Å²) in [5, 5.41) is 2.66. The van der Waals surface area contributed by atoms with Crippen LogP contribution in [0.3, 0.4) is 0 Å². The van der Waals surface area contributed by atoms with Crippen LogP contribution in [0.1, 0.15) is 0 Å². The summed E-state index contributed by atoms with van der Waals surface area (Å²) >= 11 is 0. The van der Waals surface area contributed by atoms with Crippen molar-refractivity contribution in [2.24, 2.45) is 0 Å². The molecule has 0 bridgehead atoms. The topological polar surface area (TPSA) is 17.1 Å². The van der Waals surface area contributed by atoms with E-state index in [0.29, 0.717) is 0 Å². The van der Waals surface area contributed by atoms with Gasteiger partial charge >= 0.3 is 0 Å². The monoisotopic (exact) mass is 386 g/mol. The number of hydrogen-bond acceptors (Lipinski definition) is 1. The van der Waals surface area contributed by atoms with Crippen molar-refractivity contribution < 1.29 is 21.6 Å². The molecular weight excluding hydrogens is 367 g/mol. The number of hydrogen-bond donors (Lipinski definition) is 0. The molecule has 4 aromatic rings. The smallest absolute Gasteiger partial charge is 0.122 e. The van der Waals surface area contributed by atoms with Gasteiger partial charge < -0.3 is 34.9 Å². The summed E-state index contributed by atoms with van der Waals surface area (Å²) in [5.74, 6) is 0. The molecule has 0 spiro atoms. The van der Waals surface area contributed by atoms with E-state index in [1.807, 2.05) is 115 Å². The molecule has 25 heavy (non-hydrogen) atoms. The van der Waals surface area contributed by atoms with Gasteiger partial charge in [-0.25, -0.2) is 12.1 Å². The third-order valence-electron chi connectivity index (χ3n) is 3.80. The molecule has 1 nitrogen and oxygen atoms in total. The SMILES string of the molecule is O=P(c1ccccc1)(c1ccccc1)[c-]1cccc1.[Fe].[cH-]1[cH-][cH-][cH-][cH-]1. The Kier molecular flexibility index (Phi) is 7.22. The van der Waals surface area contributed by atoms with Crippen LogP contribution in [0.25, 0.3) is 0 Å². The fourth-order valence-corrected chi connectivity index (χ4v) is 5.29. The molecule has 0 aliphatic heterocycles. The van der Waals surface area contributed by atoms with E-state index in [9.17, 15) is 4.57 Å². The van der Waals surface area contributed by atoms with Crippen LogP contribution in [-0.4, -0.2) is 0 Å². The van der Waals surface area contributed by atoms with Gasteiger partial charge in [-0.1, -0.05) is 66.0 Å². The average molecular weight is 386 g/mol. The van der Waals surface area contributed by atoms with E-state index in [4.69, 9.17) is 0 Å². The molecular formula is C22H19FeOP-6. The van der Waals surface area contributed by atoms with Crippen molar-refractivity contribution in [3.63, 3.8) is 0 Å². The van der Waals surface area contributed by atoms with Crippen LogP contribution in [0.15, 0.2) is 115 Å². The van der Waals surface area contributed by atoms with E-state index in [2.05, 4.69) is 0 Å². The maximum absolute atomic E-state index is 13.7. The van der Waals surface area contributed by atoms with Crippen LogP contribution in [0.5, 0.6) is 0 Å². The van der Waals surface area contributed by atoms with Gasteiger partial charge in [-0.05, 0) is 0 Å². The maximum Gasteiger partial charge on any atom is 0.122 e. The molecule has 4 rings (SSSR count). The molecule has 0 amide bonds. The van der Waals surface area contributed by atoms with Crippen molar-refractivity contribution in [3.05, 3.63) is 115 Å². The van der Waals surface area contributed by atoms with E-state index in [1.165, 1.54) is 0 Å². The summed E-state index contributed by atoms with van der Waals surface area (Å²) in [6.45, 7) is 0. The van der Waals surface area contributed by atoms with Crippen molar-refractivity contribution in [1.82, 2.24) is 0 Å². The van der Waals surface area contributed by atoms with E-state index in [-0.39, 0.29) is 17.1 Å². The van der Waals surface area contributed by atoms with Crippen molar-refractivity contribution in [3.8, 4) is 0 Å². The Hall–Kier alpha value is -2.11. The van der Waals surface area contributed by atoms with Gasteiger partial charge in [0.05, 0.1) is 0 Å². The van der Waals surface area contributed by atoms with E-state index in [1.54, 1.807) is 0 Å². The zero-order valence-corrected chi connectivity index (χ0v) is 15.7. The summed E-state index contributed by atoms with van der Waals surface area (Å²) < 4.78 is 13.7. The first-order valence-electron chi connectivity index (χ1n) is 7.92. The van der Waals surface area contributed by atoms with Crippen LogP contribution in [0, 0.1) is 0 Å². The predicted molar refractivity (Wildman–Crippen MR) is 103 cm³/mol. The minimum absolute atomic E-state index is 0. The molecule has 0 aromatic heterocycles. The van der Waals surface area contributed by atoms with Gasteiger partial charge in [0, 0.05) is 27.7 Å². The van der Waals surface area contributed by atoms with Gasteiger partial charge in [0.2, 0.25) is 0 Å². The zero-order chi connectivity index (χ0) is 16.7.